The summed E-state index contributed by atoms with van der Waals surface area (Å²) in [6.07, 6.45) is -1.37. The summed E-state index contributed by atoms with van der Waals surface area (Å²) in [4.78, 5) is 55.7. The highest BCUT2D eigenvalue weighted by Crippen LogP contribution is 2.30. The molecule has 0 aromatic heterocycles. The molecule has 1 aliphatic rings. The Hall–Kier alpha value is -5.88. The van der Waals surface area contributed by atoms with Gasteiger partial charge in [-0.15, -0.1) is 0 Å². The second kappa shape index (κ2) is 18.4. The molecule has 5 rings (SSSR count). The Morgan fingerprint density at radius 3 is 2.08 bits per heavy atom. The number of aliphatic hydroxyl groups excluding tert-OH is 1. The number of carbonyl (C=O) groups is 4. The molecule has 1 aliphatic heterocycles. The van der Waals surface area contributed by atoms with Crippen molar-refractivity contribution < 1.29 is 33.8 Å². The normalized spacial score (nSPS) is 14.3. The molecule has 5 N–H and O–H groups in total. The third kappa shape index (κ3) is 10.6. The van der Waals surface area contributed by atoms with Gasteiger partial charge in [-0.05, 0) is 54.3 Å². The molecule has 1 heterocycles. The molecule has 4 aromatic carbocycles. The number of para-hydroxylation sites is 2. The fourth-order valence-electron chi connectivity index (χ4n) is 5.89. The first-order valence-corrected chi connectivity index (χ1v) is 17.2. The number of hydrogen-bond acceptors (Lipinski definition) is 8. The zero-order valence-corrected chi connectivity index (χ0v) is 29.3. The standard InChI is InChI=1S/C40H45N5O7/c1-27(42-36(46)26-45-21-22-52-35-16-10-9-15-34(35)45)38(48)44-33(24-29-17-19-31(51-2)20-18-29)39(49)43-32(23-28-11-5-3-6-12-28)37(47)40(50)41-25-30-13-7-4-8-14-30/h3-20,27,32-33,37,47H,21-26H2,1-2H3,(H,41,50)(H,42,46)(H,43,49)(H,44,48)/t27-,32?,33-,37?/m0/s1. The Kier molecular flexibility index (Phi) is 13.2. The van der Waals surface area contributed by atoms with Gasteiger partial charge in [-0.2, -0.15) is 0 Å². The average Bonchev–Trinajstić information content (AvgIpc) is 3.17. The third-order valence-electron chi connectivity index (χ3n) is 8.75. The molecule has 4 aromatic rings. The lowest BCUT2D eigenvalue weighted by atomic mass is 9.98. The minimum absolute atomic E-state index is 0.0130. The SMILES string of the molecule is COc1ccc(C[C@H](NC(=O)[C@H](C)NC(=O)CN2CCOc3ccccc32)C(=O)NC(Cc2ccccc2)C(O)C(=O)NCc2ccccc2)cc1. The van der Waals surface area contributed by atoms with E-state index in [9.17, 15) is 24.3 Å². The van der Waals surface area contributed by atoms with Crippen LogP contribution in [0.25, 0.3) is 0 Å². The number of aliphatic hydroxyl groups is 1. The number of anilines is 1. The summed E-state index contributed by atoms with van der Waals surface area (Å²) in [5.41, 5.74) is 3.16. The molecule has 4 atom stereocenters. The smallest absolute Gasteiger partial charge is 0.251 e. The molecule has 0 saturated carbocycles. The van der Waals surface area contributed by atoms with Gasteiger partial charge in [-0.1, -0.05) is 84.9 Å². The lowest BCUT2D eigenvalue weighted by Crippen LogP contribution is -2.58. The van der Waals surface area contributed by atoms with Crippen LogP contribution in [-0.2, 0) is 38.6 Å². The number of ether oxygens (including phenoxy) is 2. The molecule has 0 fully saturated rings. The van der Waals surface area contributed by atoms with E-state index >= 15 is 0 Å². The molecule has 12 nitrogen and oxygen atoms in total. The van der Waals surface area contributed by atoms with E-state index in [4.69, 9.17) is 9.47 Å². The molecule has 0 aliphatic carbocycles. The third-order valence-corrected chi connectivity index (χ3v) is 8.75. The summed E-state index contributed by atoms with van der Waals surface area (Å²) in [7, 11) is 1.55. The number of nitrogens with zero attached hydrogens (tertiary/aromatic N) is 1. The van der Waals surface area contributed by atoms with Gasteiger partial charge in [0.15, 0.2) is 6.10 Å². The second-order valence-electron chi connectivity index (χ2n) is 12.6. The maximum atomic E-state index is 14.0. The number of nitrogens with one attached hydrogen (secondary N) is 4. The average molecular weight is 708 g/mol. The lowest BCUT2D eigenvalue weighted by molar-refractivity contribution is -0.134. The summed E-state index contributed by atoms with van der Waals surface area (Å²) < 4.78 is 11.0. The Morgan fingerprint density at radius 1 is 0.750 bits per heavy atom. The monoisotopic (exact) mass is 707 g/mol. The van der Waals surface area contributed by atoms with E-state index < -0.39 is 42.0 Å². The van der Waals surface area contributed by atoms with E-state index in [-0.39, 0.29) is 31.8 Å². The van der Waals surface area contributed by atoms with Gasteiger partial charge in [0.25, 0.3) is 5.91 Å². The van der Waals surface area contributed by atoms with Crippen LogP contribution in [0.3, 0.4) is 0 Å². The summed E-state index contributed by atoms with van der Waals surface area (Å²) in [6.45, 7) is 2.69. The first-order chi connectivity index (χ1) is 25.2. The Balaban J connectivity index is 1.29. The number of carbonyl (C=O) groups excluding carboxylic acids is 4. The van der Waals surface area contributed by atoms with E-state index in [2.05, 4.69) is 21.3 Å². The summed E-state index contributed by atoms with van der Waals surface area (Å²) >= 11 is 0. The lowest BCUT2D eigenvalue weighted by Gasteiger charge is -2.31. The molecule has 52 heavy (non-hydrogen) atoms. The Labute approximate surface area is 303 Å². The van der Waals surface area contributed by atoms with Crippen molar-refractivity contribution in [2.45, 2.75) is 50.5 Å². The summed E-state index contributed by atoms with van der Waals surface area (Å²) in [6, 6.07) is 29.8. The van der Waals surface area contributed by atoms with E-state index in [0.717, 1.165) is 22.4 Å². The highest BCUT2D eigenvalue weighted by atomic mass is 16.5. The van der Waals surface area contributed by atoms with Crippen molar-refractivity contribution in [1.29, 1.82) is 0 Å². The molecule has 272 valence electrons. The van der Waals surface area contributed by atoms with Crippen molar-refractivity contribution in [2.75, 3.05) is 31.7 Å². The van der Waals surface area contributed by atoms with E-state index in [1.807, 2.05) is 89.8 Å². The first kappa shape index (κ1) is 37.4. The van der Waals surface area contributed by atoms with Crippen molar-refractivity contribution in [3.63, 3.8) is 0 Å². The fourth-order valence-corrected chi connectivity index (χ4v) is 5.89. The van der Waals surface area contributed by atoms with Gasteiger partial charge in [0.1, 0.15) is 30.2 Å². The minimum Gasteiger partial charge on any atom is -0.497 e. The molecular formula is C40H45N5O7. The molecule has 4 amide bonds. The van der Waals surface area contributed by atoms with Crippen LogP contribution in [0.5, 0.6) is 11.5 Å². The van der Waals surface area contributed by atoms with Crippen LogP contribution in [0.4, 0.5) is 5.69 Å². The quantitative estimate of drug-likeness (QED) is 0.119. The first-order valence-electron chi connectivity index (χ1n) is 17.2. The number of methoxy groups -OCH3 is 1. The van der Waals surface area contributed by atoms with Gasteiger partial charge in [-0.3, -0.25) is 19.2 Å². The van der Waals surface area contributed by atoms with Crippen molar-refractivity contribution >= 4 is 29.3 Å². The van der Waals surface area contributed by atoms with Crippen LogP contribution >= 0.6 is 0 Å². The predicted molar refractivity (Wildman–Crippen MR) is 197 cm³/mol. The second-order valence-corrected chi connectivity index (χ2v) is 12.6. The highest BCUT2D eigenvalue weighted by molar-refractivity contribution is 5.93. The maximum absolute atomic E-state index is 14.0. The molecule has 12 heteroatoms. The van der Waals surface area contributed by atoms with Crippen molar-refractivity contribution in [3.8, 4) is 11.5 Å². The van der Waals surface area contributed by atoms with Gasteiger partial charge in [0.05, 0.1) is 31.9 Å². The molecule has 2 unspecified atom stereocenters. The summed E-state index contributed by atoms with van der Waals surface area (Å²) in [5.74, 6) is -0.901. The number of hydrogen-bond donors (Lipinski definition) is 5. The van der Waals surface area contributed by atoms with Crippen molar-refractivity contribution in [3.05, 3.63) is 126 Å². The van der Waals surface area contributed by atoms with Gasteiger partial charge < -0.3 is 40.7 Å². The Morgan fingerprint density at radius 2 is 1.38 bits per heavy atom. The highest BCUT2D eigenvalue weighted by Gasteiger charge is 2.32. The van der Waals surface area contributed by atoms with Gasteiger partial charge >= 0.3 is 0 Å². The molecular weight excluding hydrogens is 662 g/mol. The molecule has 0 spiro atoms. The van der Waals surface area contributed by atoms with Gasteiger partial charge in [0, 0.05) is 13.0 Å². The summed E-state index contributed by atoms with van der Waals surface area (Å²) in [5, 5.41) is 22.4. The van der Waals surface area contributed by atoms with Crippen LogP contribution in [0.15, 0.2) is 109 Å². The van der Waals surface area contributed by atoms with E-state index in [1.165, 1.54) is 0 Å². The van der Waals surface area contributed by atoms with E-state index in [1.54, 1.807) is 38.3 Å². The van der Waals surface area contributed by atoms with Crippen molar-refractivity contribution in [1.82, 2.24) is 21.3 Å². The molecule has 0 saturated heterocycles. The van der Waals surface area contributed by atoms with Gasteiger partial charge in [0.2, 0.25) is 17.7 Å². The number of rotatable bonds is 16. The van der Waals surface area contributed by atoms with Crippen LogP contribution in [-0.4, -0.2) is 79.8 Å². The molecule has 0 bridgehead atoms. The van der Waals surface area contributed by atoms with Crippen molar-refractivity contribution in [2.24, 2.45) is 0 Å². The minimum atomic E-state index is -1.60. The number of amides is 4. The maximum Gasteiger partial charge on any atom is 0.251 e. The largest absolute Gasteiger partial charge is 0.497 e. The van der Waals surface area contributed by atoms with Crippen LogP contribution in [0, 0.1) is 0 Å². The van der Waals surface area contributed by atoms with Gasteiger partial charge in [-0.25, -0.2) is 0 Å². The zero-order valence-electron chi connectivity index (χ0n) is 29.3. The van der Waals surface area contributed by atoms with Crippen LogP contribution < -0.4 is 35.6 Å². The van der Waals surface area contributed by atoms with E-state index in [0.29, 0.717) is 24.7 Å². The van der Waals surface area contributed by atoms with Crippen LogP contribution in [0.1, 0.15) is 23.6 Å². The Bertz CT molecular complexity index is 1790. The fraction of sp³-hybridized carbons (Fsp3) is 0.300. The predicted octanol–water partition coefficient (Wildman–Crippen LogP) is 2.53. The molecule has 0 radical (unpaired) electrons. The van der Waals surface area contributed by atoms with Crippen LogP contribution in [0.2, 0.25) is 0 Å². The topological polar surface area (TPSA) is 158 Å². The number of benzene rings is 4. The number of fused-ring (bicyclic) bond motifs is 1. The zero-order chi connectivity index (χ0) is 36.9.